The molecule has 0 fully saturated rings. The van der Waals surface area contributed by atoms with Crippen LogP contribution in [0.5, 0.6) is 11.5 Å². The van der Waals surface area contributed by atoms with Crippen molar-refractivity contribution in [1.29, 1.82) is 0 Å². The van der Waals surface area contributed by atoms with Crippen LogP contribution in [-0.2, 0) is 11.2 Å². The Morgan fingerprint density at radius 1 is 1.52 bits per heavy atom. The van der Waals surface area contributed by atoms with E-state index in [9.17, 15) is 9.90 Å². The van der Waals surface area contributed by atoms with Crippen LogP contribution < -0.4 is 9.47 Å². The molecule has 3 atom stereocenters. The standard InChI is InChI=1S/C16H22O5/c1-4-20-15-7-11-6-10(3)21-14(11)8-12(15)13(17)5-9(2)16(18)19/h7-10,13,17H,4-6H2,1-3H3,(H,18,19). The average Bonchev–Trinajstić information content (AvgIpc) is 2.77. The van der Waals surface area contributed by atoms with Crippen molar-refractivity contribution in [2.24, 2.45) is 5.92 Å². The molecule has 2 N–H and O–H groups in total. The van der Waals surface area contributed by atoms with Crippen molar-refractivity contribution in [3.8, 4) is 11.5 Å². The molecule has 0 bridgehead atoms. The Labute approximate surface area is 124 Å². The fraction of sp³-hybridized carbons (Fsp3) is 0.562. The predicted molar refractivity (Wildman–Crippen MR) is 77.8 cm³/mol. The van der Waals surface area contributed by atoms with Crippen molar-refractivity contribution >= 4 is 5.97 Å². The minimum Gasteiger partial charge on any atom is -0.493 e. The number of carboxylic acid groups (broad SMARTS) is 1. The summed E-state index contributed by atoms with van der Waals surface area (Å²) >= 11 is 0. The maximum atomic E-state index is 10.9. The normalized spacial score (nSPS) is 19.5. The lowest BCUT2D eigenvalue weighted by Crippen LogP contribution is -2.14. The lowest BCUT2D eigenvalue weighted by Gasteiger charge is -2.18. The van der Waals surface area contributed by atoms with Gasteiger partial charge in [0.15, 0.2) is 0 Å². The highest BCUT2D eigenvalue weighted by molar-refractivity contribution is 5.69. The molecule has 21 heavy (non-hydrogen) atoms. The van der Waals surface area contributed by atoms with Crippen molar-refractivity contribution < 1.29 is 24.5 Å². The predicted octanol–water partition coefficient (Wildman–Crippen LogP) is 2.55. The monoisotopic (exact) mass is 294 g/mol. The first-order valence-corrected chi connectivity index (χ1v) is 7.29. The van der Waals surface area contributed by atoms with E-state index < -0.39 is 18.0 Å². The number of aliphatic hydroxyl groups is 1. The second kappa shape index (κ2) is 6.35. The number of carbonyl (C=O) groups is 1. The van der Waals surface area contributed by atoms with E-state index in [1.165, 1.54) is 0 Å². The average molecular weight is 294 g/mol. The smallest absolute Gasteiger partial charge is 0.306 e. The summed E-state index contributed by atoms with van der Waals surface area (Å²) in [6, 6.07) is 3.68. The second-order valence-electron chi connectivity index (χ2n) is 5.55. The van der Waals surface area contributed by atoms with E-state index >= 15 is 0 Å². The van der Waals surface area contributed by atoms with Gasteiger partial charge >= 0.3 is 5.97 Å². The molecule has 1 aliphatic rings. The van der Waals surface area contributed by atoms with E-state index in [1.54, 1.807) is 13.0 Å². The molecule has 0 aromatic heterocycles. The quantitative estimate of drug-likeness (QED) is 0.843. The Bertz CT molecular complexity index is 526. The molecule has 1 aromatic rings. The van der Waals surface area contributed by atoms with Gasteiger partial charge in [0.05, 0.1) is 18.6 Å². The van der Waals surface area contributed by atoms with Gasteiger partial charge in [-0.05, 0) is 32.4 Å². The molecule has 0 aliphatic carbocycles. The summed E-state index contributed by atoms with van der Waals surface area (Å²) in [7, 11) is 0. The molecule has 3 unspecified atom stereocenters. The lowest BCUT2D eigenvalue weighted by molar-refractivity contribution is -0.142. The molecule has 116 valence electrons. The molecule has 1 aromatic carbocycles. The number of hydrogen-bond acceptors (Lipinski definition) is 4. The van der Waals surface area contributed by atoms with Crippen LogP contribution in [0, 0.1) is 5.92 Å². The van der Waals surface area contributed by atoms with Crippen LogP contribution in [0.3, 0.4) is 0 Å². The molecule has 0 saturated carbocycles. The molecule has 1 heterocycles. The SMILES string of the molecule is CCOc1cc2c(cc1C(O)CC(C)C(=O)O)OC(C)C2. The Balaban J connectivity index is 2.28. The van der Waals surface area contributed by atoms with E-state index in [4.69, 9.17) is 14.6 Å². The van der Waals surface area contributed by atoms with Gasteiger partial charge in [-0.2, -0.15) is 0 Å². The van der Waals surface area contributed by atoms with Crippen LogP contribution in [0.4, 0.5) is 0 Å². The molecule has 5 nitrogen and oxygen atoms in total. The fourth-order valence-electron chi connectivity index (χ4n) is 2.56. The van der Waals surface area contributed by atoms with Gasteiger partial charge in [-0.1, -0.05) is 6.92 Å². The number of fused-ring (bicyclic) bond motifs is 1. The minimum atomic E-state index is -0.918. The Morgan fingerprint density at radius 2 is 2.24 bits per heavy atom. The first kappa shape index (κ1) is 15.6. The van der Waals surface area contributed by atoms with E-state index in [0.29, 0.717) is 17.9 Å². The zero-order chi connectivity index (χ0) is 15.6. The first-order valence-electron chi connectivity index (χ1n) is 7.29. The Kier molecular flexibility index (Phi) is 4.73. The number of ether oxygens (including phenoxy) is 2. The topological polar surface area (TPSA) is 76.0 Å². The van der Waals surface area contributed by atoms with Crippen molar-refractivity contribution in [1.82, 2.24) is 0 Å². The summed E-state index contributed by atoms with van der Waals surface area (Å²) in [6.07, 6.45) is 0.184. The zero-order valence-electron chi connectivity index (χ0n) is 12.6. The van der Waals surface area contributed by atoms with Crippen LogP contribution in [0.25, 0.3) is 0 Å². The number of rotatable bonds is 6. The lowest BCUT2D eigenvalue weighted by atomic mass is 9.96. The number of benzene rings is 1. The third kappa shape index (κ3) is 3.47. The van der Waals surface area contributed by atoms with Crippen molar-refractivity contribution in [2.45, 2.75) is 45.8 Å². The maximum Gasteiger partial charge on any atom is 0.306 e. The summed E-state index contributed by atoms with van der Waals surface area (Å²) in [5.41, 5.74) is 1.66. The van der Waals surface area contributed by atoms with Gasteiger partial charge in [0.25, 0.3) is 0 Å². The van der Waals surface area contributed by atoms with Crippen LogP contribution in [-0.4, -0.2) is 28.9 Å². The summed E-state index contributed by atoms with van der Waals surface area (Å²) in [5, 5.41) is 19.3. The fourth-order valence-corrected chi connectivity index (χ4v) is 2.56. The highest BCUT2D eigenvalue weighted by Gasteiger charge is 2.26. The van der Waals surface area contributed by atoms with Gasteiger partial charge in [0.2, 0.25) is 0 Å². The van der Waals surface area contributed by atoms with Crippen LogP contribution >= 0.6 is 0 Å². The van der Waals surface area contributed by atoms with Crippen molar-refractivity contribution in [2.75, 3.05) is 6.61 Å². The Hall–Kier alpha value is -1.75. The molecular weight excluding hydrogens is 272 g/mol. The molecule has 0 saturated heterocycles. The summed E-state index contributed by atoms with van der Waals surface area (Å²) in [4.78, 5) is 10.9. The highest BCUT2D eigenvalue weighted by Crippen LogP contribution is 2.39. The third-order valence-corrected chi connectivity index (χ3v) is 3.69. The zero-order valence-corrected chi connectivity index (χ0v) is 12.6. The molecular formula is C16H22O5. The molecule has 5 heteroatoms. The summed E-state index contributed by atoms with van der Waals surface area (Å²) in [6.45, 7) is 5.94. The van der Waals surface area contributed by atoms with Crippen molar-refractivity contribution in [3.63, 3.8) is 0 Å². The third-order valence-electron chi connectivity index (χ3n) is 3.69. The van der Waals surface area contributed by atoms with Crippen molar-refractivity contribution in [3.05, 3.63) is 23.3 Å². The van der Waals surface area contributed by atoms with Gasteiger partial charge in [0, 0.05) is 17.5 Å². The van der Waals surface area contributed by atoms with Gasteiger partial charge in [-0.3, -0.25) is 4.79 Å². The van der Waals surface area contributed by atoms with Gasteiger partial charge in [-0.25, -0.2) is 0 Å². The number of carboxylic acids is 1. The van der Waals surface area contributed by atoms with E-state index in [0.717, 1.165) is 17.7 Å². The maximum absolute atomic E-state index is 10.9. The molecule has 0 spiro atoms. The molecule has 0 radical (unpaired) electrons. The number of aliphatic hydroxyl groups excluding tert-OH is 1. The van der Waals surface area contributed by atoms with Gasteiger partial charge < -0.3 is 19.7 Å². The Morgan fingerprint density at radius 3 is 2.86 bits per heavy atom. The molecule has 1 aliphatic heterocycles. The molecule has 2 rings (SSSR count). The van der Waals surface area contributed by atoms with Crippen LogP contribution in [0.15, 0.2) is 12.1 Å². The number of hydrogen-bond donors (Lipinski definition) is 2. The summed E-state index contributed by atoms with van der Waals surface area (Å²) in [5.74, 6) is -0.178. The van der Waals surface area contributed by atoms with Crippen LogP contribution in [0.1, 0.15) is 44.4 Å². The van der Waals surface area contributed by atoms with E-state index in [-0.39, 0.29) is 12.5 Å². The summed E-state index contributed by atoms with van der Waals surface area (Å²) < 4.78 is 11.3. The van der Waals surface area contributed by atoms with Gasteiger partial charge in [-0.15, -0.1) is 0 Å². The first-order chi connectivity index (χ1) is 9.92. The van der Waals surface area contributed by atoms with Gasteiger partial charge in [0.1, 0.15) is 17.6 Å². The largest absolute Gasteiger partial charge is 0.493 e. The number of aliphatic carboxylic acids is 1. The molecule has 0 amide bonds. The second-order valence-corrected chi connectivity index (χ2v) is 5.55. The van der Waals surface area contributed by atoms with E-state index in [2.05, 4.69) is 0 Å². The highest BCUT2D eigenvalue weighted by atomic mass is 16.5. The van der Waals surface area contributed by atoms with Crippen LogP contribution in [0.2, 0.25) is 0 Å². The van der Waals surface area contributed by atoms with E-state index in [1.807, 2.05) is 19.9 Å². The minimum absolute atomic E-state index is 0.111.